The molecule has 1 aromatic heterocycles. The Morgan fingerprint density at radius 2 is 2.00 bits per heavy atom. The summed E-state index contributed by atoms with van der Waals surface area (Å²) in [5.74, 6) is 0.807. The van der Waals surface area contributed by atoms with Gasteiger partial charge in [0.2, 0.25) is 0 Å². The second-order valence-corrected chi connectivity index (χ2v) is 3.22. The van der Waals surface area contributed by atoms with Crippen molar-refractivity contribution in [1.29, 1.82) is 0 Å². The zero-order valence-electron chi connectivity index (χ0n) is 8.61. The van der Waals surface area contributed by atoms with Gasteiger partial charge in [0.1, 0.15) is 5.82 Å². The minimum atomic E-state index is -0.128. The van der Waals surface area contributed by atoms with Gasteiger partial charge < -0.3 is 5.32 Å². The fraction of sp³-hybridized carbons (Fsp3) is 0.182. The molecular formula is C11H11N3O. The molecule has 0 saturated heterocycles. The topological polar surface area (TPSA) is 54.9 Å². The van der Waals surface area contributed by atoms with Crippen molar-refractivity contribution in [2.24, 2.45) is 0 Å². The number of nitrogens with zero attached hydrogens (tertiary/aromatic N) is 2. The number of aromatic nitrogens is 2. The summed E-state index contributed by atoms with van der Waals surface area (Å²) in [5, 5.41) is 3.88. The van der Waals surface area contributed by atoms with E-state index in [1.165, 1.54) is 6.92 Å². The molecule has 0 aliphatic carbocycles. The van der Waals surface area contributed by atoms with Crippen LogP contribution in [0.25, 0.3) is 10.9 Å². The van der Waals surface area contributed by atoms with Crippen LogP contribution in [0.4, 0.5) is 5.82 Å². The molecule has 0 radical (unpaired) electrons. The summed E-state index contributed by atoms with van der Waals surface area (Å²) in [4.78, 5) is 19.5. The number of ketones is 1. The van der Waals surface area contributed by atoms with Crippen molar-refractivity contribution >= 4 is 22.5 Å². The predicted molar refractivity (Wildman–Crippen MR) is 59.1 cm³/mol. The van der Waals surface area contributed by atoms with E-state index < -0.39 is 0 Å². The van der Waals surface area contributed by atoms with E-state index >= 15 is 0 Å². The van der Waals surface area contributed by atoms with Crippen molar-refractivity contribution in [3.8, 4) is 0 Å². The van der Waals surface area contributed by atoms with E-state index in [2.05, 4.69) is 15.3 Å². The van der Waals surface area contributed by atoms with Crippen LogP contribution in [-0.2, 0) is 0 Å². The van der Waals surface area contributed by atoms with E-state index in [-0.39, 0.29) is 11.6 Å². The summed E-state index contributed by atoms with van der Waals surface area (Å²) in [6, 6.07) is 7.59. The highest BCUT2D eigenvalue weighted by Crippen LogP contribution is 2.19. The van der Waals surface area contributed by atoms with Gasteiger partial charge in [0, 0.05) is 19.4 Å². The van der Waals surface area contributed by atoms with Gasteiger partial charge in [0.15, 0.2) is 11.6 Å². The maximum atomic E-state index is 11.2. The maximum absolute atomic E-state index is 11.2. The van der Waals surface area contributed by atoms with Crippen LogP contribution in [0, 0.1) is 0 Å². The van der Waals surface area contributed by atoms with Gasteiger partial charge in [-0.1, -0.05) is 12.1 Å². The van der Waals surface area contributed by atoms with E-state index in [1.807, 2.05) is 24.3 Å². The number of hydrogen-bond donors (Lipinski definition) is 1. The molecule has 4 nitrogen and oxygen atoms in total. The number of carbonyl (C=O) groups is 1. The molecule has 2 aromatic rings. The Hall–Kier alpha value is -1.97. The third-order valence-corrected chi connectivity index (χ3v) is 2.15. The molecular weight excluding hydrogens is 190 g/mol. The summed E-state index contributed by atoms with van der Waals surface area (Å²) in [6.45, 7) is 1.46. The van der Waals surface area contributed by atoms with Crippen LogP contribution in [0.1, 0.15) is 17.5 Å². The van der Waals surface area contributed by atoms with Gasteiger partial charge in [-0.3, -0.25) is 4.79 Å². The highest BCUT2D eigenvalue weighted by Gasteiger charge is 2.08. The van der Waals surface area contributed by atoms with Crippen molar-refractivity contribution in [1.82, 2.24) is 9.97 Å². The zero-order chi connectivity index (χ0) is 10.8. The molecule has 0 amide bonds. The number of nitrogens with one attached hydrogen (secondary N) is 1. The molecule has 76 valence electrons. The number of carbonyl (C=O) groups excluding carboxylic acids is 1. The summed E-state index contributed by atoms with van der Waals surface area (Å²) < 4.78 is 0. The summed E-state index contributed by atoms with van der Waals surface area (Å²) >= 11 is 0. The number of hydrogen-bond acceptors (Lipinski definition) is 4. The number of rotatable bonds is 2. The average molecular weight is 201 g/mol. The van der Waals surface area contributed by atoms with Crippen LogP contribution in [0.15, 0.2) is 24.3 Å². The molecule has 0 spiro atoms. The first-order valence-corrected chi connectivity index (χ1v) is 4.68. The molecule has 1 heterocycles. The van der Waals surface area contributed by atoms with E-state index in [0.717, 1.165) is 10.9 Å². The quantitative estimate of drug-likeness (QED) is 0.753. The summed E-state index contributed by atoms with van der Waals surface area (Å²) in [5.41, 5.74) is 0.780. The average Bonchev–Trinajstić information content (AvgIpc) is 2.27. The Morgan fingerprint density at radius 3 is 2.67 bits per heavy atom. The van der Waals surface area contributed by atoms with Crippen molar-refractivity contribution in [3.63, 3.8) is 0 Å². The largest absolute Gasteiger partial charge is 0.373 e. The molecule has 0 aliphatic heterocycles. The Bertz CT molecular complexity index is 522. The van der Waals surface area contributed by atoms with Gasteiger partial charge >= 0.3 is 0 Å². The highest BCUT2D eigenvalue weighted by molar-refractivity contribution is 5.96. The van der Waals surface area contributed by atoms with Crippen LogP contribution < -0.4 is 5.32 Å². The molecule has 4 heteroatoms. The minimum absolute atomic E-state index is 0.128. The van der Waals surface area contributed by atoms with Gasteiger partial charge in [-0.2, -0.15) is 0 Å². The Balaban J connectivity index is 2.77. The molecule has 0 atom stereocenters. The second kappa shape index (κ2) is 3.65. The smallest absolute Gasteiger partial charge is 0.198 e. The third kappa shape index (κ3) is 1.66. The standard InChI is InChI=1S/C11H11N3O/c1-7(15)10-13-9-6-4-3-5-8(9)11(12-2)14-10/h3-6H,1-2H3,(H,12,13,14). The van der Waals surface area contributed by atoms with Crippen molar-refractivity contribution in [3.05, 3.63) is 30.1 Å². The highest BCUT2D eigenvalue weighted by atomic mass is 16.1. The molecule has 0 saturated carbocycles. The van der Waals surface area contributed by atoms with Crippen molar-refractivity contribution in [2.75, 3.05) is 12.4 Å². The van der Waals surface area contributed by atoms with Gasteiger partial charge in [-0.15, -0.1) is 0 Å². The first-order valence-electron chi connectivity index (χ1n) is 4.68. The molecule has 0 aliphatic rings. The molecule has 1 aromatic carbocycles. The van der Waals surface area contributed by atoms with Gasteiger partial charge in [-0.05, 0) is 12.1 Å². The van der Waals surface area contributed by atoms with Gasteiger partial charge in [0.05, 0.1) is 5.52 Å². The SMILES string of the molecule is CNc1nc(C(C)=O)nc2ccccc12. The molecule has 0 bridgehead atoms. The van der Waals surface area contributed by atoms with Crippen LogP contribution in [-0.4, -0.2) is 22.8 Å². The minimum Gasteiger partial charge on any atom is -0.373 e. The molecule has 15 heavy (non-hydrogen) atoms. The fourth-order valence-corrected chi connectivity index (χ4v) is 1.42. The molecule has 0 unspecified atom stereocenters. The Labute approximate surface area is 87.4 Å². The predicted octanol–water partition coefficient (Wildman–Crippen LogP) is 1.87. The van der Waals surface area contributed by atoms with Crippen molar-refractivity contribution < 1.29 is 4.79 Å². The number of Topliss-reactive ketones (excluding diaryl/α,β-unsaturated/α-hetero) is 1. The first-order chi connectivity index (χ1) is 7.22. The van der Waals surface area contributed by atoms with E-state index in [1.54, 1.807) is 7.05 Å². The lowest BCUT2D eigenvalue weighted by Crippen LogP contribution is -2.05. The Morgan fingerprint density at radius 1 is 1.27 bits per heavy atom. The molecule has 2 rings (SSSR count). The van der Waals surface area contributed by atoms with Crippen LogP contribution in [0.2, 0.25) is 0 Å². The summed E-state index contributed by atoms with van der Waals surface area (Å²) in [7, 11) is 1.78. The van der Waals surface area contributed by atoms with Gasteiger partial charge in [-0.25, -0.2) is 9.97 Å². The van der Waals surface area contributed by atoms with E-state index in [4.69, 9.17) is 0 Å². The van der Waals surface area contributed by atoms with E-state index in [9.17, 15) is 4.79 Å². The van der Waals surface area contributed by atoms with E-state index in [0.29, 0.717) is 5.82 Å². The lowest BCUT2D eigenvalue weighted by molar-refractivity contribution is 0.100. The van der Waals surface area contributed by atoms with Crippen LogP contribution >= 0.6 is 0 Å². The van der Waals surface area contributed by atoms with Crippen LogP contribution in [0.3, 0.4) is 0 Å². The number of benzene rings is 1. The zero-order valence-corrected chi connectivity index (χ0v) is 8.61. The summed E-state index contributed by atoms with van der Waals surface area (Å²) in [6.07, 6.45) is 0. The molecule has 0 fully saturated rings. The normalized spacial score (nSPS) is 10.3. The number of fused-ring (bicyclic) bond motifs is 1. The lowest BCUT2D eigenvalue weighted by atomic mass is 10.2. The molecule has 1 N–H and O–H groups in total. The number of anilines is 1. The monoisotopic (exact) mass is 201 g/mol. The third-order valence-electron chi connectivity index (χ3n) is 2.15. The van der Waals surface area contributed by atoms with Gasteiger partial charge in [0.25, 0.3) is 0 Å². The maximum Gasteiger partial charge on any atom is 0.198 e. The second-order valence-electron chi connectivity index (χ2n) is 3.22. The first kappa shape index (κ1) is 9.58. The van der Waals surface area contributed by atoms with Crippen LogP contribution in [0.5, 0.6) is 0 Å². The fourth-order valence-electron chi connectivity index (χ4n) is 1.42. The van der Waals surface area contributed by atoms with Crippen molar-refractivity contribution in [2.45, 2.75) is 6.92 Å². The Kier molecular flexibility index (Phi) is 2.33. The number of para-hydroxylation sites is 1. The lowest BCUT2D eigenvalue weighted by Gasteiger charge is -2.05.